The summed E-state index contributed by atoms with van der Waals surface area (Å²) in [6, 6.07) is 8.70. The van der Waals surface area contributed by atoms with E-state index in [1.807, 2.05) is 0 Å². The van der Waals surface area contributed by atoms with Gasteiger partial charge < -0.3 is 4.74 Å². The second-order valence-electron chi connectivity index (χ2n) is 7.22. The fourth-order valence-corrected chi connectivity index (χ4v) is 4.46. The van der Waals surface area contributed by atoms with Crippen LogP contribution in [-0.4, -0.2) is 6.10 Å². The molecule has 0 saturated heterocycles. The van der Waals surface area contributed by atoms with Crippen LogP contribution < -0.4 is 4.74 Å². The Balaban J connectivity index is 1.55. The molecule has 120 valence electrons. The van der Waals surface area contributed by atoms with Gasteiger partial charge in [0.2, 0.25) is 0 Å². The van der Waals surface area contributed by atoms with Gasteiger partial charge in [0, 0.05) is 0 Å². The van der Waals surface area contributed by atoms with E-state index in [1.165, 1.54) is 62.5 Å². The van der Waals surface area contributed by atoms with Crippen LogP contribution in [0, 0.1) is 5.41 Å². The summed E-state index contributed by atoms with van der Waals surface area (Å²) in [6.45, 7) is 4.32. The van der Waals surface area contributed by atoms with Crippen LogP contribution in [0.15, 0.2) is 30.3 Å². The molecule has 0 heterocycles. The molecule has 1 heteroatoms. The van der Waals surface area contributed by atoms with Crippen LogP contribution in [-0.2, 0) is 0 Å². The summed E-state index contributed by atoms with van der Waals surface area (Å²) in [5.74, 6) is 1.04. The first-order valence-electron chi connectivity index (χ1n) is 9.17. The van der Waals surface area contributed by atoms with Crippen molar-refractivity contribution in [3.05, 3.63) is 35.9 Å². The molecule has 22 heavy (non-hydrogen) atoms. The van der Waals surface area contributed by atoms with Gasteiger partial charge in [0.05, 0.1) is 6.10 Å². The van der Waals surface area contributed by atoms with E-state index in [0.717, 1.165) is 12.2 Å². The molecule has 1 nitrogen and oxygen atoms in total. The number of ether oxygens (including phenoxy) is 1. The van der Waals surface area contributed by atoms with E-state index in [4.69, 9.17) is 4.74 Å². The SMILES string of the molecule is C/C=C(\CC)c1ccc(OC2CCC3(CCCC3)CC2)cc1. The highest BCUT2D eigenvalue weighted by Gasteiger charge is 2.37. The number of benzene rings is 1. The predicted molar refractivity (Wildman–Crippen MR) is 94.2 cm³/mol. The molecule has 3 rings (SSSR count). The molecule has 0 N–H and O–H groups in total. The van der Waals surface area contributed by atoms with Gasteiger partial charge in [-0.05, 0) is 80.6 Å². The highest BCUT2D eigenvalue weighted by molar-refractivity contribution is 5.65. The van der Waals surface area contributed by atoms with Gasteiger partial charge in [0.25, 0.3) is 0 Å². The molecule has 1 aromatic rings. The Kier molecular flexibility index (Phi) is 4.90. The number of rotatable bonds is 4. The molecule has 0 aliphatic heterocycles. The Morgan fingerprint density at radius 1 is 1.09 bits per heavy atom. The van der Waals surface area contributed by atoms with Crippen LogP contribution in [0.3, 0.4) is 0 Å². The quantitative estimate of drug-likeness (QED) is 0.626. The highest BCUT2D eigenvalue weighted by atomic mass is 16.5. The van der Waals surface area contributed by atoms with Crippen molar-refractivity contribution in [1.82, 2.24) is 0 Å². The van der Waals surface area contributed by atoms with Gasteiger partial charge in [-0.3, -0.25) is 0 Å². The third-order valence-electron chi connectivity index (χ3n) is 5.91. The largest absolute Gasteiger partial charge is 0.490 e. The topological polar surface area (TPSA) is 9.23 Å². The summed E-state index contributed by atoms with van der Waals surface area (Å²) in [5, 5.41) is 0. The Bertz CT molecular complexity index is 495. The standard InChI is InChI=1S/C21H30O/c1-3-17(4-2)18-7-9-19(10-8-18)22-20-11-15-21(16-12-20)13-5-6-14-21/h3,7-10,20H,4-6,11-16H2,1-2H3/b17-3+. The minimum Gasteiger partial charge on any atom is -0.490 e. The van der Waals surface area contributed by atoms with Gasteiger partial charge in [0.1, 0.15) is 5.75 Å². The molecule has 2 fully saturated rings. The molecular formula is C21H30O. The van der Waals surface area contributed by atoms with Crippen molar-refractivity contribution in [2.75, 3.05) is 0 Å². The minimum atomic E-state index is 0.435. The van der Waals surface area contributed by atoms with Gasteiger partial charge in [-0.1, -0.05) is 38.0 Å². The molecule has 0 bridgehead atoms. The fraction of sp³-hybridized carbons (Fsp3) is 0.619. The molecular weight excluding hydrogens is 268 g/mol. The van der Waals surface area contributed by atoms with Crippen LogP contribution in [0.2, 0.25) is 0 Å². The zero-order valence-electron chi connectivity index (χ0n) is 14.2. The van der Waals surface area contributed by atoms with E-state index >= 15 is 0 Å². The minimum absolute atomic E-state index is 0.435. The zero-order chi connectivity index (χ0) is 15.4. The zero-order valence-corrected chi connectivity index (χ0v) is 14.2. The summed E-state index contributed by atoms with van der Waals surface area (Å²) in [6.07, 6.45) is 14.8. The summed E-state index contributed by atoms with van der Waals surface area (Å²) >= 11 is 0. The van der Waals surface area contributed by atoms with Crippen LogP contribution in [0.1, 0.15) is 77.2 Å². The lowest BCUT2D eigenvalue weighted by molar-refractivity contribution is 0.0824. The molecule has 1 spiro atoms. The highest BCUT2D eigenvalue weighted by Crippen LogP contribution is 2.49. The van der Waals surface area contributed by atoms with E-state index < -0.39 is 0 Å². The summed E-state index contributed by atoms with van der Waals surface area (Å²) in [7, 11) is 0. The maximum Gasteiger partial charge on any atom is 0.119 e. The van der Waals surface area contributed by atoms with Crippen LogP contribution >= 0.6 is 0 Å². The smallest absolute Gasteiger partial charge is 0.119 e. The van der Waals surface area contributed by atoms with Gasteiger partial charge >= 0.3 is 0 Å². The third-order valence-corrected chi connectivity index (χ3v) is 5.91. The molecule has 0 unspecified atom stereocenters. The van der Waals surface area contributed by atoms with Crippen LogP contribution in [0.5, 0.6) is 5.75 Å². The Morgan fingerprint density at radius 3 is 2.27 bits per heavy atom. The second-order valence-corrected chi connectivity index (χ2v) is 7.22. The Labute approximate surface area is 135 Å². The number of hydrogen-bond acceptors (Lipinski definition) is 1. The van der Waals surface area contributed by atoms with E-state index in [-0.39, 0.29) is 0 Å². The van der Waals surface area contributed by atoms with Crippen molar-refractivity contribution in [2.45, 2.75) is 77.7 Å². The molecule has 0 radical (unpaired) electrons. The molecule has 1 aromatic carbocycles. The molecule has 0 aromatic heterocycles. The van der Waals surface area contributed by atoms with Gasteiger partial charge in [-0.2, -0.15) is 0 Å². The van der Waals surface area contributed by atoms with Crippen LogP contribution in [0.25, 0.3) is 5.57 Å². The molecule has 2 saturated carbocycles. The first kappa shape index (κ1) is 15.6. The summed E-state index contributed by atoms with van der Waals surface area (Å²) in [4.78, 5) is 0. The van der Waals surface area contributed by atoms with E-state index in [9.17, 15) is 0 Å². The molecule has 2 aliphatic rings. The van der Waals surface area contributed by atoms with Gasteiger partial charge in [0.15, 0.2) is 0 Å². The van der Waals surface area contributed by atoms with Crippen LogP contribution in [0.4, 0.5) is 0 Å². The Hall–Kier alpha value is -1.24. The van der Waals surface area contributed by atoms with Crippen molar-refractivity contribution in [3.63, 3.8) is 0 Å². The monoisotopic (exact) mass is 298 g/mol. The van der Waals surface area contributed by atoms with E-state index in [2.05, 4.69) is 44.2 Å². The van der Waals surface area contributed by atoms with Gasteiger partial charge in [-0.15, -0.1) is 0 Å². The normalized spacial score (nSPS) is 22.2. The first-order valence-corrected chi connectivity index (χ1v) is 9.17. The predicted octanol–water partition coefficient (Wildman–Crippen LogP) is 6.38. The average Bonchev–Trinajstić information content (AvgIpc) is 3.01. The maximum atomic E-state index is 6.24. The van der Waals surface area contributed by atoms with Gasteiger partial charge in [-0.25, -0.2) is 0 Å². The fourth-order valence-electron chi connectivity index (χ4n) is 4.46. The lowest BCUT2D eigenvalue weighted by Crippen LogP contribution is -2.30. The Morgan fingerprint density at radius 2 is 1.73 bits per heavy atom. The number of allylic oxidation sites excluding steroid dienone is 2. The van der Waals surface area contributed by atoms with Crippen molar-refractivity contribution >= 4 is 5.57 Å². The van der Waals surface area contributed by atoms with Crippen molar-refractivity contribution < 1.29 is 4.74 Å². The second kappa shape index (κ2) is 6.89. The summed E-state index contributed by atoms with van der Waals surface area (Å²) in [5.41, 5.74) is 3.43. The molecule has 2 aliphatic carbocycles. The van der Waals surface area contributed by atoms with E-state index in [0.29, 0.717) is 11.5 Å². The van der Waals surface area contributed by atoms with Crippen molar-refractivity contribution in [3.8, 4) is 5.75 Å². The third kappa shape index (κ3) is 3.39. The van der Waals surface area contributed by atoms with Crippen molar-refractivity contribution in [2.24, 2.45) is 5.41 Å². The molecule has 0 atom stereocenters. The molecule has 0 amide bonds. The maximum absolute atomic E-state index is 6.24. The lowest BCUT2D eigenvalue weighted by Gasteiger charge is -2.37. The first-order chi connectivity index (χ1) is 10.7. The average molecular weight is 298 g/mol. The van der Waals surface area contributed by atoms with E-state index in [1.54, 1.807) is 0 Å². The number of hydrogen-bond donors (Lipinski definition) is 0. The lowest BCUT2D eigenvalue weighted by atomic mass is 9.72. The van der Waals surface area contributed by atoms with Crippen molar-refractivity contribution in [1.29, 1.82) is 0 Å². The summed E-state index contributed by atoms with van der Waals surface area (Å²) < 4.78 is 6.24.